The summed E-state index contributed by atoms with van der Waals surface area (Å²) in [5.41, 5.74) is -1.66. The molecule has 0 aliphatic heterocycles. The van der Waals surface area contributed by atoms with Crippen molar-refractivity contribution in [3.8, 4) is 34.5 Å². The second-order valence-corrected chi connectivity index (χ2v) is 19.1. The van der Waals surface area contributed by atoms with Crippen LogP contribution in [0.2, 0.25) is 0 Å². The second kappa shape index (κ2) is 46.9. The molecular formula is C78H62N6Ni2O14. The maximum atomic E-state index is 12.5. The van der Waals surface area contributed by atoms with Crippen LogP contribution in [0.1, 0.15) is 63.7 Å². The Morgan fingerprint density at radius 3 is 0.500 bits per heavy atom. The smallest absolute Gasteiger partial charge is 0.872 e. The number of aromatic hydroxyl groups is 6. The summed E-state index contributed by atoms with van der Waals surface area (Å²) in [4.78, 5) is 72.6. The van der Waals surface area contributed by atoms with E-state index >= 15 is 0 Å². The predicted molar refractivity (Wildman–Crippen MR) is 363 cm³/mol. The Bertz CT molecular complexity index is 3710. The first kappa shape index (κ1) is 81.1. The first-order valence-corrected chi connectivity index (χ1v) is 29.2. The van der Waals surface area contributed by atoms with Crippen molar-refractivity contribution in [1.82, 2.24) is 29.9 Å². The molecule has 20 nitrogen and oxygen atoms in total. The largest absolute Gasteiger partial charge is 2.00 e. The summed E-state index contributed by atoms with van der Waals surface area (Å²) in [5.74, 6) is -9.24. The van der Waals surface area contributed by atoms with Crippen LogP contribution in [0.4, 0.5) is 0 Å². The van der Waals surface area contributed by atoms with Gasteiger partial charge in [0.1, 0.15) is 34.5 Å². The van der Waals surface area contributed by atoms with Gasteiger partial charge in [-0.25, -0.2) is 0 Å². The van der Waals surface area contributed by atoms with Crippen LogP contribution < -0.4 is 20.4 Å². The molecule has 6 heterocycles. The van der Waals surface area contributed by atoms with Gasteiger partial charge in [0.05, 0.1) is 22.3 Å². The van der Waals surface area contributed by atoms with Crippen LogP contribution in [-0.2, 0) is 33.0 Å². The van der Waals surface area contributed by atoms with Gasteiger partial charge < -0.3 is 51.1 Å². The Hall–Kier alpha value is -13.2. The molecule has 0 saturated carbocycles. The van der Waals surface area contributed by atoms with Gasteiger partial charge in [-0.3, -0.25) is 49.1 Å². The third-order valence-corrected chi connectivity index (χ3v) is 12.3. The van der Waals surface area contributed by atoms with Crippen molar-refractivity contribution in [3.05, 3.63) is 386 Å². The molecule has 0 aliphatic carbocycles. The molecule has 0 atom stereocenters. The van der Waals surface area contributed by atoms with Crippen LogP contribution in [0.5, 0.6) is 34.5 Å². The van der Waals surface area contributed by atoms with E-state index in [1.165, 1.54) is 133 Å². The SMILES string of the molecule is O=C(/C=C(\[O-])c1ccccc1O)c1cccc(C(=O)/C=C(\[O-])c2ccccc2O)c1O.O=C(/C=C(\[O-])c1ccccc1O)c1cccc(C(=O)/C=C(\[O-])c2ccccc2O)c1O.[Ni+2].[Ni+2].c1ccncc1.c1ccncc1.c1ccncc1.c1ccncc1.c1ccncc1.c1ccncc1. The number of hydrogen-bond acceptors (Lipinski definition) is 20. The Balaban J connectivity index is 0.000000342. The molecule has 6 aromatic heterocycles. The number of pyridine rings is 6. The Morgan fingerprint density at radius 1 is 0.220 bits per heavy atom. The molecule has 0 saturated heterocycles. The first-order chi connectivity index (χ1) is 47.6. The number of para-hydroxylation sites is 6. The minimum atomic E-state index is -0.882. The number of hydrogen-bond donors (Lipinski definition) is 6. The fraction of sp³-hybridized carbons (Fsp3) is 0. The number of allylic oxidation sites excluding steroid dienone is 4. The summed E-state index contributed by atoms with van der Waals surface area (Å²) in [6.45, 7) is 0. The number of ketones is 4. The zero-order valence-electron chi connectivity index (χ0n) is 52.6. The second-order valence-electron chi connectivity index (χ2n) is 19.1. The van der Waals surface area contributed by atoms with E-state index in [1.807, 2.05) is 109 Å². The standard InChI is InChI=1S/2C24H18O7.6C5H5N.2Ni/c2*25-18-10-3-1-6-14(18)20(27)12-22(29)16-8-5-9-17(24(16)31)23(30)13-21(28)15-7-2-4-11-19(15)26;6*1-2-4-6-5-3-1;;/h2*1-13,25-28,31H;6*1-5H;;/q;;;;;;;;2*+2/p-4/b2*20-12-,21-13-;;;;;;;;. The molecule has 0 aliphatic rings. The third-order valence-electron chi connectivity index (χ3n) is 12.3. The molecule has 508 valence electrons. The molecule has 0 spiro atoms. The van der Waals surface area contributed by atoms with Crippen molar-refractivity contribution in [3.63, 3.8) is 0 Å². The Labute approximate surface area is 596 Å². The van der Waals surface area contributed by atoms with Gasteiger partial charge in [-0.2, -0.15) is 0 Å². The average molecular weight is 1420 g/mol. The van der Waals surface area contributed by atoms with E-state index in [0.717, 1.165) is 0 Å². The first-order valence-electron chi connectivity index (χ1n) is 29.2. The van der Waals surface area contributed by atoms with Crippen LogP contribution >= 0.6 is 0 Å². The molecule has 6 aromatic carbocycles. The van der Waals surface area contributed by atoms with Gasteiger partial charge in [-0.1, -0.05) is 144 Å². The third kappa shape index (κ3) is 29.2. The van der Waals surface area contributed by atoms with Crippen LogP contribution in [0.25, 0.3) is 23.0 Å². The quantitative estimate of drug-likeness (QED) is 0.0286. The number of nitrogens with zero attached hydrogens (tertiary/aromatic N) is 6. The van der Waals surface area contributed by atoms with E-state index in [4.69, 9.17) is 0 Å². The fourth-order valence-corrected chi connectivity index (χ4v) is 7.58. The molecule has 0 radical (unpaired) electrons. The van der Waals surface area contributed by atoms with E-state index < -0.39 is 57.7 Å². The zero-order valence-corrected chi connectivity index (χ0v) is 54.6. The van der Waals surface area contributed by atoms with Crippen molar-refractivity contribution in [2.45, 2.75) is 0 Å². The summed E-state index contributed by atoms with van der Waals surface area (Å²) in [7, 11) is 0. The van der Waals surface area contributed by atoms with Crippen molar-refractivity contribution in [1.29, 1.82) is 0 Å². The summed E-state index contributed by atoms with van der Waals surface area (Å²) in [5, 5.41) is 109. The van der Waals surface area contributed by atoms with Crippen molar-refractivity contribution in [2.75, 3.05) is 0 Å². The number of carbonyl (C=O) groups excluding carboxylic acids is 4. The molecule has 12 aromatic rings. The van der Waals surface area contributed by atoms with E-state index in [9.17, 15) is 70.2 Å². The van der Waals surface area contributed by atoms with Gasteiger partial charge in [0.25, 0.3) is 0 Å². The van der Waals surface area contributed by atoms with Crippen molar-refractivity contribution >= 4 is 46.2 Å². The van der Waals surface area contributed by atoms with E-state index in [-0.39, 0.29) is 100 Å². The van der Waals surface area contributed by atoms with Crippen molar-refractivity contribution in [2.24, 2.45) is 0 Å². The topological polar surface area (TPSA) is 359 Å². The summed E-state index contributed by atoms with van der Waals surface area (Å²) < 4.78 is 0. The van der Waals surface area contributed by atoms with Crippen LogP contribution in [0, 0.1) is 0 Å². The molecule has 0 amide bonds. The number of carbonyl (C=O) groups is 4. The number of rotatable bonds is 12. The Morgan fingerprint density at radius 2 is 0.370 bits per heavy atom. The summed E-state index contributed by atoms with van der Waals surface area (Å²) in [6, 6.07) is 64.4. The number of phenolic OH excluding ortho intramolecular Hbond substituents is 6. The molecule has 6 N–H and O–H groups in total. The van der Waals surface area contributed by atoms with Crippen LogP contribution in [0.3, 0.4) is 0 Å². The zero-order chi connectivity index (χ0) is 70.5. The molecule has 0 bridgehead atoms. The summed E-state index contributed by atoms with van der Waals surface area (Å²) in [6.07, 6.45) is 23.8. The molecule has 0 fully saturated rings. The van der Waals surface area contributed by atoms with Crippen molar-refractivity contribution < 1.29 is 103 Å². The number of aromatic nitrogens is 6. The number of phenols is 6. The van der Waals surface area contributed by atoms with Gasteiger partial charge in [-0.05, 0) is 146 Å². The minimum absolute atomic E-state index is 0. The summed E-state index contributed by atoms with van der Waals surface area (Å²) >= 11 is 0. The maximum absolute atomic E-state index is 12.5. The van der Waals surface area contributed by atoms with Crippen LogP contribution in [0.15, 0.2) is 341 Å². The fourth-order valence-electron chi connectivity index (χ4n) is 7.58. The molecule has 0 unspecified atom stereocenters. The van der Waals surface area contributed by atoms with Gasteiger partial charge >= 0.3 is 33.0 Å². The molecule has 12 rings (SSSR count). The molecular weight excluding hydrogens is 1360 g/mol. The monoisotopic (exact) mass is 1420 g/mol. The van der Waals surface area contributed by atoms with Gasteiger partial charge in [0.2, 0.25) is 0 Å². The van der Waals surface area contributed by atoms with E-state index in [0.29, 0.717) is 24.3 Å². The normalized spacial score (nSPS) is 10.2. The molecule has 22 heteroatoms. The maximum Gasteiger partial charge on any atom is 2.00 e. The van der Waals surface area contributed by atoms with Crippen LogP contribution in [-0.4, -0.2) is 83.7 Å². The molecule has 100 heavy (non-hydrogen) atoms. The van der Waals surface area contributed by atoms with Gasteiger partial charge in [-0.15, -0.1) is 0 Å². The predicted octanol–water partition coefficient (Wildman–Crippen LogP) is 10.4. The Kier molecular flexibility index (Phi) is 38.0. The van der Waals surface area contributed by atoms with Gasteiger partial charge in [0.15, 0.2) is 23.1 Å². The van der Waals surface area contributed by atoms with Gasteiger partial charge in [0, 0.05) is 96.6 Å². The number of benzene rings is 6. The van der Waals surface area contributed by atoms with E-state index in [2.05, 4.69) is 29.9 Å². The minimum Gasteiger partial charge on any atom is -0.872 e. The van der Waals surface area contributed by atoms with E-state index in [1.54, 1.807) is 74.4 Å². The average Bonchev–Trinajstić information content (AvgIpc) is 0.825.